The van der Waals surface area contributed by atoms with Crippen molar-refractivity contribution in [2.45, 2.75) is 42.1 Å². The highest BCUT2D eigenvalue weighted by molar-refractivity contribution is 9.09. The maximum Gasteiger partial charge on any atom is 0.250 e. The molecule has 1 aromatic heterocycles. The molecule has 1 spiro atoms. The van der Waals surface area contributed by atoms with Crippen molar-refractivity contribution in [3.8, 4) is 0 Å². The fourth-order valence-electron chi connectivity index (χ4n) is 6.44. The normalized spacial score (nSPS) is 29.1. The molecular formula is C27H33BrN6O5. The van der Waals surface area contributed by atoms with Gasteiger partial charge in [-0.3, -0.25) is 14.4 Å². The summed E-state index contributed by atoms with van der Waals surface area (Å²) in [5.74, 6) is -2.37. The second-order valence-electron chi connectivity index (χ2n) is 10.3. The average Bonchev–Trinajstić information content (AvgIpc) is 3.64. The quantitative estimate of drug-likeness (QED) is 0.303. The van der Waals surface area contributed by atoms with Crippen LogP contribution in [0.5, 0.6) is 0 Å². The zero-order valence-corrected chi connectivity index (χ0v) is 23.4. The van der Waals surface area contributed by atoms with Crippen molar-refractivity contribution in [1.82, 2.24) is 29.7 Å². The first-order chi connectivity index (χ1) is 18.8. The number of halogens is 1. The number of aliphatic hydroxyl groups excluding tert-OH is 1. The van der Waals surface area contributed by atoms with Crippen LogP contribution in [-0.2, 0) is 25.8 Å². The van der Waals surface area contributed by atoms with Gasteiger partial charge in [0, 0.05) is 38.1 Å². The predicted molar refractivity (Wildman–Crippen MR) is 146 cm³/mol. The number of amides is 3. The molecule has 11 nitrogen and oxygen atoms in total. The molecular weight excluding hydrogens is 568 g/mol. The molecule has 5 rings (SSSR count). The van der Waals surface area contributed by atoms with Crippen molar-refractivity contribution in [2.75, 3.05) is 33.3 Å². The molecule has 3 fully saturated rings. The number of hydrogen-bond donors (Lipinski definition) is 1. The minimum atomic E-state index is -1.18. The molecule has 3 aliphatic rings. The summed E-state index contributed by atoms with van der Waals surface area (Å²) in [6.45, 7) is 8.21. The van der Waals surface area contributed by atoms with Gasteiger partial charge in [-0.05, 0) is 25.0 Å². The minimum absolute atomic E-state index is 0.0935. The first-order valence-corrected chi connectivity index (χ1v) is 14.0. The Hall–Kier alpha value is -3.09. The molecule has 208 valence electrons. The van der Waals surface area contributed by atoms with Gasteiger partial charge < -0.3 is 24.5 Å². The third-order valence-electron chi connectivity index (χ3n) is 8.03. The Morgan fingerprint density at radius 1 is 1.26 bits per heavy atom. The van der Waals surface area contributed by atoms with Gasteiger partial charge in [-0.2, -0.15) is 0 Å². The highest BCUT2D eigenvalue weighted by atomic mass is 79.9. The summed E-state index contributed by atoms with van der Waals surface area (Å²) >= 11 is 3.69. The van der Waals surface area contributed by atoms with Gasteiger partial charge in [-0.1, -0.05) is 45.4 Å². The summed E-state index contributed by atoms with van der Waals surface area (Å²) in [6.07, 6.45) is 3.41. The van der Waals surface area contributed by atoms with Crippen molar-refractivity contribution in [2.24, 2.45) is 11.8 Å². The van der Waals surface area contributed by atoms with E-state index in [1.807, 2.05) is 24.3 Å². The first kappa shape index (κ1) is 27.5. The van der Waals surface area contributed by atoms with E-state index in [4.69, 9.17) is 4.74 Å². The van der Waals surface area contributed by atoms with E-state index in [1.165, 1.54) is 9.80 Å². The van der Waals surface area contributed by atoms with E-state index >= 15 is 0 Å². The fourth-order valence-corrected chi connectivity index (χ4v) is 7.38. The van der Waals surface area contributed by atoms with Crippen LogP contribution in [0.15, 0.2) is 49.6 Å². The molecule has 3 amide bonds. The summed E-state index contributed by atoms with van der Waals surface area (Å²) in [7, 11) is 1.67. The van der Waals surface area contributed by atoms with E-state index in [2.05, 4.69) is 39.4 Å². The molecule has 39 heavy (non-hydrogen) atoms. The van der Waals surface area contributed by atoms with Crippen LogP contribution < -0.4 is 0 Å². The van der Waals surface area contributed by atoms with Gasteiger partial charge in [-0.25, -0.2) is 4.68 Å². The lowest BCUT2D eigenvalue weighted by atomic mass is 9.70. The Bertz CT molecular complexity index is 1300. The molecule has 2 aromatic rings. The Balaban J connectivity index is 1.53. The van der Waals surface area contributed by atoms with Gasteiger partial charge in [0.05, 0.1) is 23.5 Å². The summed E-state index contributed by atoms with van der Waals surface area (Å²) in [6, 6.07) is 6.49. The Labute approximate surface area is 235 Å². The number of aromatic nitrogens is 3. The Kier molecular flexibility index (Phi) is 7.62. The second-order valence-corrected chi connectivity index (χ2v) is 11.5. The lowest BCUT2D eigenvalue weighted by molar-refractivity contribution is -0.149. The van der Waals surface area contributed by atoms with Crippen molar-refractivity contribution >= 4 is 44.7 Å². The Morgan fingerprint density at radius 2 is 2.00 bits per heavy atom. The third kappa shape index (κ3) is 4.38. The number of likely N-dealkylation sites (N-methyl/N-ethyl adjacent to an activating group) is 1. The molecule has 6 atom stereocenters. The van der Waals surface area contributed by atoms with Gasteiger partial charge in [0.1, 0.15) is 23.8 Å². The van der Waals surface area contributed by atoms with E-state index < -0.39 is 29.6 Å². The molecule has 3 saturated heterocycles. The SMILES string of the molecule is C=CCN(C)C(=O)[C@H]1[C@@H]2OC3(CC2Br)C(C(=O)N(CC=C)Cn2nnc4ccccc42)N(CCCO)C(=O)[C@H]13. The molecule has 4 heterocycles. The van der Waals surface area contributed by atoms with Crippen molar-refractivity contribution in [3.63, 3.8) is 0 Å². The second kappa shape index (κ2) is 10.8. The Morgan fingerprint density at radius 3 is 2.72 bits per heavy atom. The summed E-state index contributed by atoms with van der Waals surface area (Å²) in [5.41, 5.74) is 0.291. The van der Waals surface area contributed by atoms with Crippen LogP contribution >= 0.6 is 15.9 Å². The van der Waals surface area contributed by atoms with Crippen LogP contribution in [0.2, 0.25) is 0 Å². The van der Waals surface area contributed by atoms with Crippen LogP contribution in [0, 0.1) is 11.8 Å². The van der Waals surface area contributed by atoms with Crippen molar-refractivity contribution in [3.05, 3.63) is 49.6 Å². The number of likely N-dealkylation sites (tertiary alicyclic amines) is 1. The monoisotopic (exact) mass is 600 g/mol. The predicted octanol–water partition coefficient (Wildman–Crippen LogP) is 1.18. The van der Waals surface area contributed by atoms with Crippen molar-refractivity contribution in [1.29, 1.82) is 0 Å². The van der Waals surface area contributed by atoms with Crippen LogP contribution in [-0.4, -0.2) is 108 Å². The molecule has 3 aliphatic heterocycles. The number of carbonyl (C=O) groups is 3. The number of aliphatic hydroxyl groups is 1. The molecule has 0 radical (unpaired) electrons. The van der Waals surface area contributed by atoms with E-state index in [0.29, 0.717) is 24.9 Å². The lowest BCUT2D eigenvalue weighted by Gasteiger charge is -2.37. The number of carbonyl (C=O) groups excluding carboxylic acids is 3. The van der Waals surface area contributed by atoms with Crippen LogP contribution in [0.1, 0.15) is 12.8 Å². The number of ether oxygens (including phenoxy) is 1. The van der Waals surface area contributed by atoms with Gasteiger partial charge in [0.2, 0.25) is 17.7 Å². The molecule has 0 aliphatic carbocycles. The summed E-state index contributed by atoms with van der Waals surface area (Å²) < 4.78 is 8.19. The standard InChI is InChI=1S/C27H33BrN6O5/c1-4-11-31(3)24(36)20-21-25(37)33(13-8-14-35)23(27(21)15-17(28)22(20)39-27)26(38)32(12-5-2)16-34-19-10-7-6-9-18(19)29-30-34/h4-7,9-10,17,20-23,35H,1-2,8,11-16H2,3H3/t17?,20-,21+,22-,23?,27?/m1/s1. The van der Waals surface area contributed by atoms with Gasteiger partial charge >= 0.3 is 0 Å². The van der Waals surface area contributed by atoms with Gasteiger partial charge in [-0.15, -0.1) is 18.3 Å². The summed E-state index contributed by atoms with van der Waals surface area (Å²) in [5, 5.41) is 18.0. The first-order valence-electron chi connectivity index (χ1n) is 13.1. The van der Waals surface area contributed by atoms with Gasteiger partial charge in [0.25, 0.3) is 0 Å². The highest BCUT2D eigenvalue weighted by Gasteiger charge is 2.76. The number of rotatable bonds is 11. The maximum absolute atomic E-state index is 14.4. The molecule has 0 saturated carbocycles. The molecule has 12 heteroatoms. The molecule has 1 N–H and O–H groups in total. The van der Waals surface area contributed by atoms with Crippen molar-refractivity contribution < 1.29 is 24.2 Å². The number of alkyl halides is 1. The van der Waals surface area contributed by atoms with Crippen LogP contribution in [0.25, 0.3) is 11.0 Å². The topological polar surface area (TPSA) is 121 Å². The largest absolute Gasteiger partial charge is 0.396 e. The maximum atomic E-state index is 14.4. The number of hydrogen-bond acceptors (Lipinski definition) is 7. The highest BCUT2D eigenvalue weighted by Crippen LogP contribution is 2.60. The minimum Gasteiger partial charge on any atom is -0.396 e. The molecule has 1 aromatic carbocycles. The summed E-state index contributed by atoms with van der Waals surface area (Å²) in [4.78, 5) is 46.4. The number of para-hydroxylation sites is 1. The van der Waals surface area contributed by atoms with Crippen LogP contribution in [0.4, 0.5) is 0 Å². The number of nitrogens with zero attached hydrogens (tertiary/aromatic N) is 6. The number of benzene rings is 1. The number of fused-ring (bicyclic) bond motifs is 2. The average molecular weight is 602 g/mol. The third-order valence-corrected chi connectivity index (χ3v) is 8.88. The van der Waals surface area contributed by atoms with E-state index in [1.54, 1.807) is 28.8 Å². The molecule has 2 bridgehead atoms. The zero-order valence-electron chi connectivity index (χ0n) is 21.9. The van der Waals surface area contributed by atoms with Crippen LogP contribution in [0.3, 0.4) is 0 Å². The van der Waals surface area contributed by atoms with Gasteiger partial charge in [0.15, 0.2) is 0 Å². The zero-order chi connectivity index (χ0) is 27.9. The fraction of sp³-hybridized carbons (Fsp3) is 0.519. The van der Waals surface area contributed by atoms with E-state index in [-0.39, 0.29) is 48.9 Å². The lowest BCUT2D eigenvalue weighted by Crippen LogP contribution is -2.57. The molecule has 3 unspecified atom stereocenters. The van der Waals surface area contributed by atoms with E-state index in [0.717, 1.165) is 5.52 Å². The van der Waals surface area contributed by atoms with E-state index in [9.17, 15) is 19.5 Å². The smallest absolute Gasteiger partial charge is 0.250 e.